The summed E-state index contributed by atoms with van der Waals surface area (Å²) < 4.78 is 10.9. The highest BCUT2D eigenvalue weighted by atomic mass is 16.5. The number of methoxy groups -OCH3 is 1. The van der Waals surface area contributed by atoms with Crippen LogP contribution in [0.2, 0.25) is 0 Å². The molecule has 0 aromatic heterocycles. The molecule has 1 fully saturated rings. The monoisotopic (exact) mass is 320 g/mol. The second-order valence-electron chi connectivity index (χ2n) is 5.59. The topological polar surface area (TPSA) is 59.1 Å². The van der Waals surface area contributed by atoms with Crippen molar-refractivity contribution >= 4 is 11.8 Å². The predicted octanol–water partition coefficient (Wildman–Crippen LogP) is 1.54. The van der Waals surface area contributed by atoms with E-state index < -0.39 is 0 Å². The molecule has 2 rings (SSSR count). The highest BCUT2D eigenvalue weighted by Crippen LogP contribution is 2.25. The van der Waals surface area contributed by atoms with Gasteiger partial charge in [0, 0.05) is 26.6 Å². The maximum absolute atomic E-state index is 12.1. The SMILES string of the molecule is COc1ccccc1OCCCN(C)C(=O)CN1CCCC1=O. The summed E-state index contributed by atoms with van der Waals surface area (Å²) >= 11 is 0. The lowest BCUT2D eigenvalue weighted by Gasteiger charge is -2.21. The zero-order valence-electron chi connectivity index (χ0n) is 13.8. The average Bonchev–Trinajstić information content (AvgIpc) is 2.96. The zero-order chi connectivity index (χ0) is 16.7. The second kappa shape index (κ2) is 8.41. The number of hydrogen-bond acceptors (Lipinski definition) is 4. The highest BCUT2D eigenvalue weighted by molar-refractivity contribution is 5.85. The minimum absolute atomic E-state index is 0.0301. The van der Waals surface area contributed by atoms with E-state index >= 15 is 0 Å². The van der Waals surface area contributed by atoms with Gasteiger partial charge in [0.25, 0.3) is 0 Å². The normalized spacial score (nSPS) is 14.0. The molecule has 0 unspecified atom stereocenters. The van der Waals surface area contributed by atoms with Crippen LogP contribution >= 0.6 is 0 Å². The first-order valence-corrected chi connectivity index (χ1v) is 7.89. The Hall–Kier alpha value is -2.24. The fourth-order valence-corrected chi connectivity index (χ4v) is 2.50. The number of carbonyl (C=O) groups excluding carboxylic acids is 2. The molecule has 1 heterocycles. The average molecular weight is 320 g/mol. The Morgan fingerprint density at radius 2 is 2.04 bits per heavy atom. The Bertz CT molecular complexity index is 547. The van der Waals surface area contributed by atoms with Crippen molar-refractivity contribution in [3.63, 3.8) is 0 Å². The molecule has 6 nitrogen and oxygen atoms in total. The summed E-state index contributed by atoms with van der Waals surface area (Å²) in [7, 11) is 3.36. The molecule has 1 aliphatic heterocycles. The summed E-state index contributed by atoms with van der Waals surface area (Å²) in [5.41, 5.74) is 0. The van der Waals surface area contributed by atoms with E-state index in [9.17, 15) is 9.59 Å². The molecule has 0 saturated carbocycles. The molecule has 0 aliphatic carbocycles. The van der Waals surface area contributed by atoms with Crippen LogP contribution in [0, 0.1) is 0 Å². The smallest absolute Gasteiger partial charge is 0.241 e. The maximum atomic E-state index is 12.1. The number of ether oxygens (including phenoxy) is 2. The minimum atomic E-state index is -0.0301. The molecule has 126 valence electrons. The van der Waals surface area contributed by atoms with Crippen molar-refractivity contribution in [3.8, 4) is 11.5 Å². The molecule has 0 atom stereocenters. The Kier molecular flexibility index (Phi) is 6.26. The molecule has 0 bridgehead atoms. The first-order chi connectivity index (χ1) is 11.1. The van der Waals surface area contributed by atoms with Crippen molar-refractivity contribution in [3.05, 3.63) is 24.3 Å². The van der Waals surface area contributed by atoms with E-state index in [1.165, 1.54) is 0 Å². The number of para-hydroxylation sites is 2. The molecule has 2 amide bonds. The van der Waals surface area contributed by atoms with Crippen molar-refractivity contribution in [1.82, 2.24) is 9.80 Å². The quantitative estimate of drug-likeness (QED) is 0.682. The Morgan fingerprint density at radius 1 is 1.30 bits per heavy atom. The van der Waals surface area contributed by atoms with Gasteiger partial charge in [-0.15, -0.1) is 0 Å². The maximum Gasteiger partial charge on any atom is 0.241 e. The fourth-order valence-electron chi connectivity index (χ4n) is 2.50. The van der Waals surface area contributed by atoms with Crippen LogP contribution in [0.3, 0.4) is 0 Å². The standard InChI is InChI=1S/C17H24N2O4/c1-18(17(21)13-19-11-5-9-16(19)20)10-6-12-23-15-8-4-3-7-14(15)22-2/h3-4,7-8H,5-6,9-13H2,1-2H3. The third kappa shape index (κ3) is 4.87. The Labute approximate surface area is 137 Å². The third-order valence-corrected chi connectivity index (χ3v) is 3.89. The van der Waals surface area contributed by atoms with Gasteiger partial charge in [0.2, 0.25) is 11.8 Å². The summed E-state index contributed by atoms with van der Waals surface area (Å²) in [4.78, 5) is 26.9. The summed E-state index contributed by atoms with van der Waals surface area (Å²) in [5.74, 6) is 1.44. The molecule has 1 aromatic rings. The number of amides is 2. The predicted molar refractivity (Wildman–Crippen MR) is 86.6 cm³/mol. The molecule has 0 spiro atoms. The summed E-state index contributed by atoms with van der Waals surface area (Å²) in [6, 6.07) is 7.48. The zero-order valence-corrected chi connectivity index (χ0v) is 13.8. The van der Waals surface area contributed by atoms with Gasteiger partial charge < -0.3 is 19.3 Å². The van der Waals surface area contributed by atoms with Crippen LogP contribution in [0.25, 0.3) is 0 Å². The van der Waals surface area contributed by atoms with Gasteiger partial charge in [0.05, 0.1) is 20.3 Å². The Balaban J connectivity index is 1.69. The number of benzene rings is 1. The van der Waals surface area contributed by atoms with Crippen LogP contribution in [0.4, 0.5) is 0 Å². The summed E-state index contributed by atoms with van der Waals surface area (Å²) in [5, 5.41) is 0. The van der Waals surface area contributed by atoms with Gasteiger partial charge in [-0.05, 0) is 25.0 Å². The molecule has 6 heteroatoms. The second-order valence-corrected chi connectivity index (χ2v) is 5.59. The van der Waals surface area contributed by atoms with Gasteiger partial charge >= 0.3 is 0 Å². The van der Waals surface area contributed by atoms with Crippen molar-refractivity contribution in [2.24, 2.45) is 0 Å². The fraction of sp³-hybridized carbons (Fsp3) is 0.529. The molecule has 1 aromatic carbocycles. The van der Waals surface area contributed by atoms with Crippen LogP contribution in [-0.2, 0) is 9.59 Å². The molecular formula is C17H24N2O4. The lowest BCUT2D eigenvalue weighted by molar-refractivity contribution is -0.137. The molecule has 0 N–H and O–H groups in total. The van der Waals surface area contributed by atoms with Crippen molar-refractivity contribution in [1.29, 1.82) is 0 Å². The van der Waals surface area contributed by atoms with Crippen LogP contribution in [-0.4, -0.2) is 62.0 Å². The van der Waals surface area contributed by atoms with Crippen LogP contribution in [0.15, 0.2) is 24.3 Å². The summed E-state index contributed by atoms with van der Waals surface area (Å²) in [6.07, 6.45) is 2.13. The van der Waals surface area contributed by atoms with Gasteiger partial charge in [-0.1, -0.05) is 12.1 Å². The van der Waals surface area contributed by atoms with Crippen LogP contribution < -0.4 is 9.47 Å². The number of hydrogen-bond donors (Lipinski definition) is 0. The van der Waals surface area contributed by atoms with Crippen LogP contribution in [0.1, 0.15) is 19.3 Å². The van der Waals surface area contributed by atoms with E-state index in [2.05, 4.69) is 0 Å². The number of rotatable bonds is 8. The van der Waals surface area contributed by atoms with E-state index in [0.29, 0.717) is 44.0 Å². The lowest BCUT2D eigenvalue weighted by atomic mass is 10.3. The number of likely N-dealkylation sites (tertiary alicyclic amines) is 1. The van der Waals surface area contributed by atoms with Gasteiger partial charge in [-0.2, -0.15) is 0 Å². The first-order valence-electron chi connectivity index (χ1n) is 7.89. The van der Waals surface area contributed by atoms with E-state index in [0.717, 1.165) is 6.42 Å². The Morgan fingerprint density at radius 3 is 2.70 bits per heavy atom. The van der Waals surface area contributed by atoms with Crippen LogP contribution in [0.5, 0.6) is 11.5 Å². The van der Waals surface area contributed by atoms with Crippen molar-refractivity contribution in [2.45, 2.75) is 19.3 Å². The number of nitrogens with zero attached hydrogens (tertiary/aromatic N) is 2. The van der Waals surface area contributed by atoms with Gasteiger partial charge in [0.15, 0.2) is 11.5 Å². The lowest BCUT2D eigenvalue weighted by Crippen LogP contribution is -2.39. The largest absolute Gasteiger partial charge is 0.493 e. The van der Waals surface area contributed by atoms with Gasteiger partial charge in [-0.25, -0.2) is 0 Å². The van der Waals surface area contributed by atoms with Crippen molar-refractivity contribution in [2.75, 3.05) is 40.4 Å². The number of likely N-dealkylation sites (N-methyl/N-ethyl adjacent to an activating group) is 1. The minimum Gasteiger partial charge on any atom is -0.493 e. The van der Waals surface area contributed by atoms with Gasteiger partial charge in [-0.3, -0.25) is 9.59 Å². The van der Waals surface area contributed by atoms with Gasteiger partial charge in [0.1, 0.15) is 0 Å². The molecule has 23 heavy (non-hydrogen) atoms. The van der Waals surface area contributed by atoms with E-state index in [1.807, 2.05) is 24.3 Å². The first kappa shape index (κ1) is 17.1. The molecular weight excluding hydrogens is 296 g/mol. The highest BCUT2D eigenvalue weighted by Gasteiger charge is 2.23. The van der Waals surface area contributed by atoms with Crippen molar-refractivity contribution < 1.29 is 19.1 Å². The van der Waals surface area contributed by atoms with E-state index in [1.54, 1.807) is 24.0 Å². The molecule has 0 radical (unpaired) electrons. The molecule has 1 aliphatic rings. The summed E-state index contributed by atoms with van der Waals surface area (Å²) in [6.45, 7) is 1.97. The molecule has 1 saturated heterocycles. The van der Waals surface area contributed by atoms with E-state index in [4.69, 9.17) is 9.47 Å². The van der Waals surface area contributed by atoms with E-state index in [-0.39, 0.29) is 18.4 Å². The number of carbonyl (C=O) groups is 2. The third-order valence-electron chi connectivity index (χ3n) is 3.89.